The maximum Gasteiger partial charge on any atom is 0.210 e. The maximum absolute atomic E-state index is 10.8. The lowest BCUT2D eigenvalue weighted by Crippen LogP contribution is -2.41. The number of rotatable bonds is 5. The van der Waals surface area contributed by atoms with Gasteiger partial charge in [0.1, 0.15) is 0 Å². The average Bonchev–Trinajstić information content (AvgIpc) is 2.15. The summed E-state index contributed by atoms with van der Waals surface area (Å²) in [5.41, 5.74) is 0. The van der Waals surface area contributed by atoms with Crippen LogP contribution in [-0.4, -0.2) is 52.3 Å². The van der Waals surface area contributed by atoms with Crippen LogP contribution in [0.4, 0.5) is 0 Å². The number of nitrogens with one attached hydrogen (secondary N) is 1. The largest absolute Gasteiger partial charge is 0.319 e. The molecule has 1 aliphatic rings. The summed E-state index contributed by atoms with van der Waals surface area (Å²) in [5.74, 6) is 0.712. The number of likely N-dealkylation sites (tertiary alicyclic amines) is 1. The van der Waals surface area contributed by atoms with E-state index in [4.69, 9.17) is 5.14 Å². The maximum atomic E-state index is 10.8. The fourth-order valence-corrected chi connectivity index (χ4v) is 2.58. The molecule has 0 aromatic heterocycles. The van der Waals surface area contributed by atoms with Crippen LogP contribution in [0.5, 0.6) is 0 Å². The third-order valence-corrected chi connectivity index (χ3v) is 3.54. The van der Waals surface area contributed by atoms with Gasteiger partial charge in [-0.25, -0.2) is 13.6 Å². The van der Waals surface area contributed by atoms with E-state index in [-0.39, 0.29) is 5.75 Å². The van der Waals surface area contributed by atoms with Gasteiger partial charge in [-0.15, -0.1) is 0 Å². The Morgan fingerprint density at radius 1 is 1.53 bits per heavy atom. The summed E-state index contributed by atoms with van der Waals surface area (Å²) in [7, 11) is -1.36. The first-order valence-electron chi connectivity index (χ1n) is 5.38. The van der Waals surface area contributed by atoms with Crippen molar-refractivity contribution in [3.8, 4) is 0 Å². The zero-order chi connectivity index (χ0) is 11.3. The van der Waals surface area contributed by atoms with Crippen molar-refractivity contribution in [2.75, 3.05) is 39.0 Å². The lowest BCUT2D eigenvalue weighted by Gasteiger charge is -2.32. The molecule has 0 saturated carbocycles. The molecular weight excluding hydrogens is 214 g/mol. The van der Waals surface area contributed by atoms with Gasteiger partial charge in [0, 0.05) is 13.1 Å². The molecule has 5 nitrogen and oxygen atoms in total. The molecule has 1 fully saturated rings. The highest BCUT2D eigenvalue weighted by molar-refractivity contribution is 7.89. The molecule has 1 rings (SSSR count). The summed E-state index contributed by atoms with van der Waals surface area (Å²) in [6.07, 6.45) is 2.38. The monoisotopic (exact) mass is 235 g/mol. The van der Waals surface area contributed by atoms with Crippen molar-refractivity contribution in [1.29, 1.82) is 0 Å². The van der Waals surface area contributed by atoms with Crippen LogP contribution in [0.3, 0.4) is 0 Å². The molecule has 0 bridgehead atoms. The zero-order valence-electron chi connectivity index (χ0n) is 9.28. The highest BCUT2D eigenvalue weighted by Crippen LogP contribution is 2.15. The zero-order valence-corrected chi connectivity index (χ0v) is 10.1. The molecule has 15 heavy (non-hydrogen) atoms. The standard InChI is InChI=1S/C9H21N3O2S/c1-11-7-9-3-2-4-12(8-9)5-6-15(10,13)14/h9,11H,2-8H2,1H3,(H2,10,13,14). The van der Waals surface area contributed by atoms with Gasteiger partial charge in [-0.2, -0.15) is 0 Å². The SMILES string of the molecule is CNCC1CCCN(CCS(N)(=O)=O)C1. The summed E-state index contributed by atoms with van der Waals surface area (Å²) in [5, 5.41) is 8.14. The predicted molar refractivity (Wildman–Crippen MR) is 61.1 cm³/mol. The van der Waals surface area contributed by atoms with Gasteiger partial charge in [0.2, 0.25) is 10.0 Å². The van der Waals surface area contributed by atoms with Crippen molar-refractivity contribution in [2.45, 2.75) is 12.8 Å². The van der Waals surface area contributed by atoms with E-state index in [1.165, 1.54) is 6.42 Å². The Hall–Kier alpha value is -0.170. The van der Waals surface area contributed by atoms with E-state index < -0.39 is 10.0 Å². The van der Waals surface area contributed by atoms with Gasteiger partial charge in [-0.1, -0.05) is 0 Å². The van der Waals surface area contributed by atoms with Crippen molar-refractivity contribution in [3.05, 3.63) is 0 Å². The second kappa shape index (κ2) is 5.79. The number of hydrogen-bond acceptors (Lipinski definition) is 4. The molecule has 3 N–H and O–H groups in total. The van der Waals surface area contributed by atoms with Gasteiger partial charge in [0.15, 0.2) is 0 Å². The Kier molecular flexibility index (Phi) is 4.98. The summed E-state index contributed by atoms with van der Waals surface area (Å²) in [6.45, 7) is 3.55. The fraction of sp³-hybridized carbons (Fsp3) is 1.00. The van der Waals surface area contributed by atoms with Crippen LogP contribution in [0.25, 0.3) is 0 Å². The minimum absolute atomic E-state index is 0.0687. The third kappa shape index (κ3) is 5.46. The van der Waals surface area contributed by atoms with Crippen molar-refractivity contribution >= 4 is 10.0 Å². The molecule has 1 saturated heterocycles. The van der Waals surface area contributed by atoms with Crippen LogP contribution >= 0.6 is 0 Å². The van der Waals surface area contributed by atoms with Crippen molar-refractivity contribution < 1.29 is 8.42 Å². The molecule has 1 atom stereocenters. The second-order valence-electron chi connectivity index (χ2n) is 4.23. The Balaban J connectivity index is 2.30. The van der Waals surface area contributed by atoms with E-state index in [1.807, 2.05) is 7.05 Å². The summed E-state index contributed by atoms with van der Waals surface area (Å²) in [6, 6.07) is 0. The molecular formula is C9H21N3O2S. The minimum Gasteiger partial charge on any atom is -0.319 e. The van der Waals surface area contributed by atoms with Gasteiger partial charge in [-0.05, 0) is 38.9 Å². The highest BCUT2D eigenvalue weighted by Gasteiger charge is 2.19. The second-order valence-corrected chi connectivity index (χ2v) is 5.97. The molecule has 1 unspecified atom stereocenters. The first-order chi connectivity index (χ1) is 7.01. The lowest BCUT2D eigenvalue weighted by molar-refractivity contribution is 0.182. The van der Waals surface area contributed by atoms with Crippen LogP contribution < -0.4 is 10.5 Å². The number of nitrogens with zero attached hydrogens (tertiary/aromatic N) is 1. The Morgan fingerprint density at radius 3 is 2.87 bits per heavy atom. The molecule has 6 heteroatoms. The molecule has 1 aliphatic heterocycles. The third-order valence-electron chi connectivity index (χ3n) is 2.79. The fourth-order valence-electron chi connectivity index (χ4n) is 2.07. The lowest BCUT2D eigenvalue weighted by atomic mass is 9.98. The minimum atomic E-state index is -3.31. The number of sulfonamides is 1. The van der Waals surface area contributed by atoms with Crippen LogP contribution in [0, 0.1) is 5.92 Å². The van der Waals surface area contributed by atoms with E-state index in [0.29, 0.717) is 12.5 Å². The normalized spacial score (nSPS) is 24.3. The summed E-state index contributed by atoms with van der Waals surface area (Å²) < 4.78 is 21.6. The quantitative estimate of drug-likeness (QED) is 0.654. The molecule has 0 radical (unpaired) electrons. The molecule has 0 aromatic rings. The van der Waals surface area contributed by atoms with Crippen molar-refractivity contribution in [1.82, 2.24) is 10.2 Å². The predicted octanol–water partition coefficient (Wildman–Crippen LogP) is -0.794. The molecule has 0 aromatic carbocycles. The van der Waals surface area contributed by atoms with Gasteiger partial charge >= 0.3 is 0 Å². The molecule has 0 aliphatic carbocycles. The molecule has 0 spiro atoms. The average molecular weight is 235 g/mol. The molecule has 0 amide bonds. The topological polar surface area (TPSA) is 75.4 Å². The smallest absolute Gasteiger partial charge is 0.210 e. The van der Waals surface area contributed by atoms with Crippen LogP contribution in [0.15, 0.2) is 0 Å². The number of primary sulfonamides is 1. The van der Waals surface area contributed by atoms with Crippen LogP contribution in [0.2, 0.25) is 0 Å². The van der Waals surface area contributed by atoms with Gasteiger partial charge in [0.05, 0.1) is 5.75 Å². The molecule has 1 heterocycles. The Labute approximate surface area is 92.1 Å². The van der Waals surface area contributed by atoms with E-state index >= 15 is 0 Å². The van der Waals surface area contributed by atoms with E-state index in [9.17, 15) is 8.42 Å². The number of hydrogen-bond donors (Lipinski definition) is 2. The van der Waals surface area contributed by atoms with Gasteiger partial charge in [-0.3, -0.25) is 0 Å². The Morgan fingerprint density at radius 2 is 2.27 bits per heavy atom. The summed E-state index contributed by atoms with van der Waals surface area (Å²) >= 11 is 0. The summed E-state index contributed by atoms with van der Waals surface area (Å²) in [4.78, 5) is 2.19. The van der Waals surface area contributed by atoms with Crippen molar-refractivity contribution in [3.63, 3.8) is 0 Å². The number of piperidine rings is 1. The van der Waals surface area contributed by atoms with E-state index in [2.05, 4.69) is 10.2 Å². The number of nitrogens with two attached hydrogens (primary N) is 1. The van der Waals surface area contributed by atoms with Crippen molar-refractivity contribution in [2.24, 2.45) is 11.1 Å². The van der Waals surface area contributed by atoms with Crippen LogP contribution in [-0.2, 0) is 10.0 Å². The van der Waals surface area contributed by atoms with Gasteiger partial charge < -0.3 is 10.2 Å². The molecule has 90 valence electrons. The van der Waals surface area contributed by atoms with E-state index in [0.717, 1.165) is 26.1 Å². The van der Waals surface area contributed by atoms with Gasteiger partial charge in [0.25, 0.3) is 0 Å². The first kappa shape index (κ1) is 12.9. The highest BCUT2D eigenvalue weighted by atomic mass is 32.2. The van der Waals surface area contributed by atoms with Crippen LogP contribution in [0.1, 0.15) is 12.8 Å². The Bertz CT molecular complexity index is 277. The van der Waals surface area contributed by atoms with E-state index in [1.54, 1.807) is 0 Å². The first-order valence-corrected chi connectivity index (χ1v) is 7.10.